The summed E-state index contributed by atoms with van der Waals surface area (Å²) in [4.78, 5) is 33.0. The molecule has 0 unspecified atom stereocenters. The normalized spacial score (nSPS) is 17.1. The number of benzene rings is 2. The van der Waals surface area contributed by atoms with Crippen molar-refractivity contribution in [3.05, 3.63) is 54.1 Å². The van der Waals surface area contributed by atoms with Crippen LogP contribution >= 0.6 is 0 Å². The number of carbonyl (C=O) groups excluding carboxylic acids is 2. The smallest absolute Gasteiger partial charge is 0.350 e. The molecule has 40 heavy (non-hydrogen) atoms. The lowest BCUT2D eigenvalue weighted by Gasteiger charge is -2.29. The summed E-state index contributed by atoms with van der Waals surface area (Å²) in [6.07, 6.45) is 8.04. The van der Waals surface area contributed by atoms with Crippen LogP contribution in [-0.4, -0.2) is 39.4 Å². The van der Waals surface area contributed by atoms with Gasteiger partial charge in [-0.15, -0.1) is 0 Å². The van der Waals surface area contributed by atoms with E-state index in [1.165, 1.54) is 6.42 Å². The lowest BCUT2D eigenvalue weighted by molar-refractivity contribution is -0.170. The van der Waals surface area contributed by atoms with Gasteiger partial charge in [-0.3, -0.25) is 14.7 Å². The van der Waals surface area contributed by atoms with Crippen molar-refractivity contribution in [3.8, 4) is 17.2 Å². The lowest BCUT2D eigenvalue weighted by Crippen LogP contribution is -2.43. The Hall–Kier alpha value is -3.35. The largest absolute Gasteiger partial charge is 0.476 e. The summed E-state index contributed by atoms with van der Waals surface area (Å²) in [5.74, 6) is 2.60. The van der Waals surface area contributed by atoms with E-state index in [2.05, 4.69) is 6.92 Å². The molecule has 1 heterocycles. The Kier molecular flexibility index (Phi) is 8.91. The van der Waals surface area contributed by atoms with Crippen LogP contribution in [0.15, 0.2) is 53.5 Å². The van der Waals surface area contributed by atoms with E-state index in [1.807, 2.05) is 49.9 Å². The Balaban J connectivity index is 1.37. The van der Waals surface area contributed by atoms with Crippen LogP contribution in [0.25, 0.3) is 0 Å². The molecule has 0 bridgehead atoms. The van der Waals surface area contributed by atoms with Crippen LogP contribution in [0.2, 0.25) is 0 Å². The highest BCUT2D eigenvalue weighted by Crippen LogP contribution is 2.39. The van der Waals surface area contributed by atoms with Crippen molar-refractivity contribution < 1.29 is 23.8 Å². The minimum Gasteiger partial charge on any atom is -0.476 e. The Bertz CT molecular complexity index is 1200. The number of nitrogens with zero attached hydrogens (tertiary/aromatic N) is 2. The number of esters is 1. The molecule has 1 aliphatic carbocycles. The first-order chi connectivity index (χ1) is 18.9. The average molecular weight is 549 g/mol. The van der Waals surface area contributed by atoms with Gasteiger partial charge in [0, 0.05) is 6.42 Å². The van der Waals surface area contributed by atoms with Gasteiger partial charge in [-0.25, -0.2) is 4.79 Å². The number of rotatable bonds is 10. The third kappa shape index (κ3) is 7.23. The monoisotopic (exact) mass is 548 g/mol. The highest BCUT2D eigenvalue weighted by Gasteiger charge is 2.48. The highest BCUT2D eigenvalue weighted by atomic mass is 16.6. The van der Waals surface area contributed by atoms with Gasteiger partial charge in [-0.1, -0.05) is 44.7 Å². The third-order valence-corrected chi connectivity index (χ3v) is 7.32. The van der Waals surface area contributed by atoms with Crippen molar-refractivity contribution in [2.75, 3.05) is 0 Å². The molecule has 0 N–H and O–H groups in total. The fourth-order valence-electron chi connectivity index (χ4n) is 5.17. The van der Waals surface area contributed by atoms with Crippen molar-refractivity contribution in [1.29, 1.82) is 0 Å². The number of ether oxygens (including phenoxy) is 3. The van der Waals surface area contributed by atoms with Crippen molar-refractivity contribution >= 4 is 17.7 Å². The molecule has 1 spiro atoms. The molecule has 7 nitrogen and oxygen atoms in total. The summed E-state index contributed by atoms with van der Waals surface area (Å²) in [5, 5.41) is 0. The zero-order valence-corrected chi connectivity index (χ0v) is 24.9. The second-order valence-corrected chi connectivity index (χ2v) is 12.4. The Morgan fingerprint density at radius 2 is 1.48 bits per heavy atom. The molecule has 2 aliphatic rings. The Morgan fingerprint density at radius 3 is 2.05 bits per heavy atom. The molecule has 0 atom stereocenters. The molecule has 4 rings (SSSR count). The average Bonchev–Trinajstić information content (AvgIpc) is 3.14. The number of hydrogen-bond acceptors (Lipinski definition) is 6. The summed E-state index contributed by atoms with van der Waals surface area (Å²) in [6.45, 7) is 11.6. The molecule has 0 saturated heterocycles. The fourth-order valence-corrected chi connectivity index (χ4v) is 5.17. The topological polar surface area (TPSA) is 77.4 Å². The van der Waals surface area contributed by atoms with Crippen molar-refractivity contribution in [2.24, 2.45) is 4.99 Å². The summed E-state index contributed by atoms with van der Waals surface area (Å²) in [7, 11) is 0. The quantitative estimate of drug-likeness (QED) is 0.286. The third-order valence-electron chi connectivity index (χ3n) is 7.32. The van der Waals surface area contributed by atoms with Crippen molar-refractivity contribution in [3.63, 3.8) is 0 Å². The Labute approximate surface area is 238 Å². The number of amides is 1. The molecular weight excluding hydrogens is 504 g/mol. The first-order valence-corrected chi connectivity index (χ1v) is 14.6. The van der Waals surface area contributed by atoms with Gasteiger partial charge >= 0.3 is 5.97 Å². The van der Waals surface area contributed by atoms with E-state index in [-0.39, 0.29) is 5.91 Å². The first kappa shape index (κ1) is 29.6. The van der Waals surface area contributed by atoms with Crippen LogP contribution in [0.5, 0.6) is 17.2 Å². The number of hydrogen-bond donors (Lipinski definition) is 0. The molecule has 0 aromatic heterocycles. The predicted molar refractivity (Wildman–Crippen MR) is 157 cm³/mol. The lowest BCUT2D eigenvalue weighted by atomic mass is 9.82. The highest BCUT2D eigenvalue weighted by molar-refractivity contribution is 6.08. The molecule has 7 heteroatoms. The summed E-state index contributed by atoms with van der Waals surface area (Å²) < 4.78 is 17.4. The van der Waals surface area contributed by atoms with E-state index >= 15 is 0 Å². The molecule has 1 saturated carbocycles. The SMILES string of the molecule is CCCCC1=NC2(CCCCC2)C(=O)N1Cc1ccc(Oc2ccc(OC(C)(C)C(=O)OC(C)(C)C)cc2)cc1. The number of aliphatic imine (C=N–C) groups is 1. The van der Waals surface area contributed by atoms with Crippen LogP contribution in [0.4, 0.5) is 0 Å². The van der Waals surface area contributed by atoms with E-state index in [0.717, 1.165) is 56.3 Å². The van der Waals surface area contributed by atoms with E-state index in [1.54, 1.807) is 38.1 Å². The summed E-state index contributed by atoms with van der Waals surface area (Å²) in [6, 6.07) is 15.0. The van der Waals surface area contributed by atoms with Gasteiger partial charge in [0.15, 0.2) is 5.60 Å². The van der Waals surface area contributed by atoms with Crippen LogP contribution in [0.1, 0.15) is 98.5 Å². The summed E-state index contributed by atoms with van der Waals surface area (Å²) in [5.41, 5.74) is -1.19. The fraction of sp³-hybridized carbons (Fsp3) is 0.545. The molecule has 1 aliphatic heterocycles. The van der Waals surface area contributed by atoms with Gasteiger partial charge in [0.25, 0.3) is 5.91 Å². The molecule has 216 valence electrons. The van der Waals surface area contributed by atoms with Gasteiger partial charge < -0.3 is 14.2 Å². The second-order valence-electron chi connectivity index (χ2n) is 12.4. The van der Waals surface area contributed by atoms with E-state index < -0.39 is 22.7 Å². The predicted octanol–water partition coefficient (Wildman–Crippen LogP) is 7.61. The minimum absolute atomic E-state index is 0.177. The van der Waals surface area contributed by atoms with Crippen LogP contribution in [0.3, 0.4) is 0 Å². The van der Waals surface area contributed by atoms with Crippen LogP contribution in [0, 0.1) is 0 Å². The minimum atomic E-state index is -1.13. The maximum Gasteiger partial charge on any atom is 0.350 e. The molecule has 1 amide bonds. The standard InChI is InChI=1S/C33H44N2O5/c1-7-8-12-28-34-33(21-10-9-11-22-33)29(36)35(28)23-24-13-15-25(16-14-24)38-26-17-19-27(20-18-26)39-32(5,6)30(37)40-31(2,3)4/h13-20H,7-12,21-23H2,1-6H3. The van der Waals surface area contributed by atoms with Gasteiger partial charge in [0.05, 0.1) is 6.54 Å². The summed E-state index contributed by atoms with van der Waals surface area (Å²) >= 11 is 0. The maximum atomic E-state index is 13.5. The van der Waals surface area contributed by atoms with Crippen molar-refractivity contribution in [1.82, 2.24) is 4.90 Å². The molecule has 1 fully saturated rings. The van der Waals surface area contributed by atoms with Gasteiger partial charge in [0.2, 0.25) is 0 Å². The number of unbranched alkanes of at least 4 members (excludes halogenated alkanes) is 1. The van der Waals surface area contributed by atoms with E-state index in [9.17, 15) is 9.59 Å². The number of carbonyl (C=O) groups is 2. The van der Waals surface area contributed by atoms with Gasteiger partial charge in [0.1, 0.15) is 34.2 Å². The van der Waals surface area contributed by atoms with E-state index in [4.69, 9.17) is 19.2 Å². The van der Waals surface area contributed by atoms with Crippen LogP contribution < -0.4 is 9.47 Å². The Morgan fingerprint density at radius 1 is 0.900 bits per heavy atom. The molecule has 0 radical (unpaired) electrons. The van der Waals surface area contributed by atoms with Crippen LogP contribution in [-0.2, 0) is 20.9 Å². The van der Waals surface area contributed by atoms with E-state index in [0.29, 0.717) is 23.8 Å². The molecule has 2 aromatic rings. The maximum absolute atomic E-state index is 13.5. The second kappa shape index (κ2) is 12.0. The molecule has 2 aromatic carbocycles. The van der Waals surface area contributed by atoms with Gasteiger partial charge in [-0.05, 0) is 95.8 Å². The van der Waals surface area contributed by atoms with Crippen molar-refractivity contribution in [2.45, 2.75) is 116 Å². The number of amidine groups is 1. The molecular formula is C33H44N2O5. The zero-order chi connectivity index (χ0) is 29.0. The first-order valence-electron chi connectivity index (χ1n) is 14.6. The zero-order valence-electron chi connectivity index (χ0n) is 24.9. The van der Waals surface area contributed by atoms with Gasteiger partial charge in [-0.2, -0.15) is 0 Å².